The highest BCUT2D eigenvalue weighted by atomic mass is 16.5. The van der Waals surface area contributed by atoms with E-state index in [1.54, 1.807) is 0 Å². The minimum Gasteiger partial charge on any atom is -0.381 e. The highest BCUT2D eigenvalue weighted by molar-refractivity contribution is 4.79. The van der Waals surface area contributed by atoms with Gasteiger partial charge in [0.25, 0.3) is 0 Å². The van der Waals surface area contributed by atoms with Gasteiger partial charge in [0.05, 0.1) is 19.3 Å². The molecule has 0 aromatic heterocycles. The molecule has 1 heterocycles. The van der Waals surface area contributed by atoms with E-state index < -0.39 is 0 Å². The molecule has 90 valence electrons. The Morgan fingerprint density at radius 1 is 1.47 bits per heavy atom. The number of rotatable bonds is 7. The molecule has 0 aromatic rings. The van der Waals surface area contributed by atoms with E-state index in [0.29, 0.717) is 18.1 Å². The van der Waals surface area contributed by atoms with Crippen LogP contribution < -0.4 is 5.32 Å². The summed E-state index contributed by atoms with van der Waals surface area (Å²) in [6.07, 6.45) is 2.66. The second-order valence-electron chi connectivity index (χ2n) is 4.57. The van der Waals surface area contributed by atoms with Crippen molar-refractivity contribution in [3.63, 3.8) is 0 Å². The van der Waals surface area contributed by atoms with Crippen LogP contribution in [0.1, 0.15) is 33.6 Å². The minimum absolute atomic E-state index is 0.318. The highest BCUT2D eigenvalue weighted by Crippen LogP contribution is 2.17. The molecule has 3 heteroatoms. The zero-order valence-corrected chi connectivity index (χ0v) is 10.3. The van der Waals surface area contributed by atoms with Crippen LogP contribution in [0, 0.1) is 5.92 Å². The SMILES string of the molecule is CCCNC(COC(C)C)C1CCOC1. The van der Waals surface area contributed by atoms with Crippen molar-refractivity contribution in [2.75, 3.05) is 26.4 Å². The molecule has 2 atom stereocenters. The van der Waals surface area contributed by atoms with E-state index in [0.717, 1.165) is 26.4 Å². The van der Waals surface area contributed by atoms with Crippen LogP contribution in [0.5, 0.6) is 0 Å². The van der Waals surface area contributed by atoms with Crippen LogP contribution in [0.3, 0.4) is 0 Å². The molecule has 0 radical (unpaired) electrons. The number of nitrogens with one attached hydrogen (secondary N) is 1. The van der Waals surface area contributed by atoms with Gasteiger partial charge in [-0.05, 0) is 33.2 Å². The first-order valence-corrected chi connectivity index (χ1v) is 6.16. The Morgan fingerprint density at radius 3 is 2.80 bits per heavy atom. The minimum atomic E-state index is 0.318. The molecule has 0 aromatic carbocycles. The first-order chi connectivity index (χ1) is 7.24. The van der Waals surface area contributed by atoms with E-state index in [1.165, 1.54) is 12.8 Å². The molecular formula is C12H25NO2. The fourth-order valence-corrected chi connectivity index (χ4v) is 1.86. The molecule has 1 fully saturated rings. The lowest BCUT2D eigenvalue weighted by Gasteiger charge is -2.24. The molecule has 2 unspecified atom stereocenters. The van der Waals surface area contributed by atoms with Crippen molar-refractivity contribution < 1.29 is 9.47 Å². The van der Waals surface area contributed by atoms with Gasteiger partial charge in [0.15, 0.2) is 0 Å². The first kappa shape index (κ1) is 12.9. The maximum absolute atomic E-state index is 5.70. The van der Waals surface area contributed by atoms with Crippen LogP contribution in [0.4, 0.5) is 0 Å². The summed E-state index contributed by atoms with van der Waals surface area (Å²) in [5, 5.41) is 3.56. The Morgan fingerprint density at radius 2 is 2.27 bits per heavy atom. The standard InChI is InChI=1S/C12H25NO2/c1-4-6-13-12(9-15-10(2)3)11-5-7-14-8-11/h10-13H,4-9H2,1-3H3. The lowest BCUT2D eigenvalue weighted by molar-refractivity contribution is 0.0459. The molecule has 3 nitrogen and oxygen atoms in total. The summed E-state index contributed by atoms with van der Waals surface area (Å²) in [6, 6.07) is 0.467. The summed E-state index contributed by atoms with van der Waals surface area (Å²) in [4.78, 5) is 0. The van der Waals surface area contributed by atoms with Crippen molar-refractivity contribution in [1.82, 2.24) is 5.32 Å². The monoisotopic (exact) mass is 215 g/mol. The molecule has 1 rings (SSSR count). The smallest absolute Gasteiger partial charge is 0.0626 e. The van der Waals surface area contributed by atoms with Gasteiger partial charge in [0, 0.05) is 18.6 Å². The van der Waals surface area contributed by atoms with Gasteiger partial charge in [-0.25, -0.2) is 0 Å². The summed E-state index contributed by atoms with van der Waals surface area (Å²) in [6.45, 7) is 10.1. The zero-order valence-electron chi connectivity index (χ0n) is 10.3. The van der Waals surface area contributed by atoms with E-state index in [-0.39, 0.29) is 0 Å². The zero-order chi connectivity index (χ0) is 11.1. The Balaban J connectivity index is 2.30. The topological polar surface area (TPSA) is 30.5 Å². The van der Waals surface area contributed by atoms with Crippen LogP contribution in [0.15, 0.2) is 0 Å². The fraction of sp³-hybridized carbons (Fsp3) is 1.00. The second kappa shape index (κ2) is 7.20. The van der Waals surface area contributed by atoms with E-state index in [4.69, 9.17) is 9.47 Å². The Kier molecular flexibility index (Phi) is 6.22. The molecule has 1 aliphatic heterocycles. The quantitative estimate of drug-likeness (QED) is 0.702. The van der Waals surface area contributed by atoms with Crippen molar-refractivity contribution in [3.8, 4) is 0 Å². The van der Waals surface area contributed by atoms with Crippen molar-refractivity contribution >= 4 is 0 Å². The average molecular weight is 215 g/mol. The molecular weight excluding hydrogens is 190 g/mol. The Labute approximate surface area is 93.5 Å². The van der Waals surface area contributed by atoms with Crippen LogP contribution in [-0.4, -0.2) is 38.5 Å². The lowest BCUT2D eigenvalue weighted by atomic mass is 9.99. The molecule has 0 spiro atoms. The van der Waals surface area contributed by atoms with Gasteiger partial charge in [-0.2, -0.15) is 0 Å². The van der Waals surface area contributed by atoms with Crippen LogP contribution in [0.25, 0.3) is 0 Å². The van der Waals surface area contributed by atoms with Crippen molar-refractivity contribution in [2.45, 2.75) is 45.8 Å². The van der Waals surface area contributed by atoms with E-state index in [2.05, 4.69) is 26.1 Å². The lowest BCUT2D eigenvalue weighted by Crippen LogP contribution is -2.41. The normalized spacial score (nSPS) is 23.6. The summed E-state index contributed by atoms with van der Waals surface area (Å²) < 4.78 is 11.1. The third-order valence-electron chi connectivity index (χ3n) is 2.80. The van der Waals surface area contributed by atoms with Crippen molar-refractivity contribution in [2.24, 2.45) is 5.92 Å². The van der Waals surface area contributed by atoms with Gasteiger partial charge in [0.2, 0.25) is 0 Å². The number of ether oxygens (including phenoxy) is 2. The van der Waals surface area contributed by atoms with Crippen molar-refractivity contribution in [3.05, 3.63) is 0 Å². The van der Waals surface area contributed by atoms with Gasteiger partial charge in [0.1, 0.15) is 0 Å². The van der Waals surface area contributed by atoms with Gasteiger partial charge >= 0.3 is 0 Å². The Hall–Kier alpha value is -0.120. The summed E-state index contributed by atoms with van der Waals surface area (Å²) in [7, 11) is 0. The molecule has 0 amide bonds. The van der Waals surface area contributed by atoms with Gasteiger partial charge in [-0.1, -0.05) is 6.92 Å². The fourth-order valence-electron chi connectivity index (χ4n) is 1.86. The molecule has 1 N–H and O–H groups in total. The van der Waals surface area contributed by atoms with Gasteiger partial charge in [-0.3, -0.25) is 0 Å². The second-order valence-corrected chi connectivity index (χ2v) is 4.57. The third kappa shape index (κ3) is 4.96. The number of hydrogen-bond acceptors (Lipinski definition) is 3. The molecule has 15 heavy (non-hydrogen) atoms. The largest absolute Gasteiger partial charge is 0.381 e. The number of hydrogen-bond donors (Lipinski definition) is 1. The summed E-state index contributed by atoms with van der Waals surface area (Å²) >= 11 is 0. The van der Waals surface area contributed by atoms with E-state index >= 15 is 0 Å². The first-order valence-electron chi connectivity index (χ1n) is 6.16. The molecule has 1 saturated heterocycles. The van der Waals surface area contributed by atoms with Gasteiger partial charge in [-0.15, -0.1) is 0 Å². The van der Waals surface area contributed by atoms with E-state index in [1.807, 2.05) is 0 Å². The average Bonchev–Trinajstić information content (AvgIpc) is 2.71. The molecule has 1 aliphatic rings. The maximum atomic E-state index is 5.70. The highest BCUT2D eigenvalue weighted by Gasteiger charge is 2.25. The van der Waals surface area contributed by atoms with Crippen LogP contribution >= 0.6 is 0 Å². The predicted octanol–water partition coefficient (Wildman–Crippen LogP) is 1.82. The van der Waals surface area contributed by atoms with Gasteiger partial charge < -0.3 is 14.8 Å². The van der Waals surface area contributed by atoms with Crippen LogP contribution in [0.2, 0.25) is 0 Å². The summed E-state index contributed by atoms with van der Waals surface area (Å²) in [5.41, 5.74) is 0. The van der Waals surface area contributed by atoms with Crippen molar-refractivity contribution in [1.29, 1.82) is 0 Å². The summed E-state index contributed by atoms with van der Waals surface area (Å²) in [5.74, 6) is 0.635. The van der Waals surface area contributed by atoms with Crippen LogP contribution in [-0.2, 0) is 9.47 Å². The third-order valence-corrected chi connectivity index (χ3v) is 2.80. The van der Waals surface area contributed by atoms with E-state index in [9.17, 15) is 0 Å². The Bertz CT molecular complexity index is 156. The molecule has 0 bridgehead atoms. The molecule has 0 aliphatic carbocycles. The predicted molar refractivity (Wildman–Crippen MR) is 62.1 cm³/mol. The maximum Gasteiger partial charge on any atom is 0.0626 e. The molecule has 0 saturated carbocycles.